The lowest BCUT2D eigenvalue weighted by molar-refractivity contribution is -0.128. The maximum absolute atomic E-state index is 12.9. The smallest absolute Gasteiger partial charge is 0.257 e. The average Bonchev–Trinajstić information content (AvgIpc) is 3.07. The maximum atomic E-state index is 12.9. The number of likely N-dealkylation sites (tertiary alicyclic amines) is 1. The first kappa shape index (κ1) is 17.4. The van der Waals surface area contributed by atoms with Crippen LogP contribution in [-0.2, 0) is 4.79 Å². The lowest BCUT2D eigenvalue weighted by Gasteiger charge is -2.24. The van der Waals surface area contributed by atoms with Crippen molar-refractivity contribution in [1.29, 1.82) is 0 Å². The van der Waals surface area contributed by atoms with E-state index >= 15 is 0 Å². The van der Waals surface area contributed by atoms with Gasteiger partial charge in [0.15, 0.2) is 0 Å². The van der Waals surface area contributed by atoms with E-state index in [2.05, 4.69) is 0 Å². The summed E-state index contributed by atoms with van der Waals surface area (Å²) in [5.74, 6) is 1.25. The van der Waals surface area contributed by atoms with Crippen molar-refractivity contribution < 1.29 is 19.1 Å². The highest BCUT2D eigenvalue weighted by atomic mass is 16.5. The van der Waals surface area contributed by atoms with E-state index < -0.39 is 0 Å². The predicted molar refractivity (Wildman–Crippen MR) is 101 cm³/mol. The number of ether oxygens (including phenoxy) is 2. The molecule has 2 aliphatic rings. The number of carbonyl (C=O) groups excluding carboxylic acids is 2. The summed E-state index contributed by atoms with van der Waals surface area (Å²) in [6.45, 7) is 2.53. The topological polar surface area (TPSA) is 59.1 Å². The van der Waals surface area contributed by atoms with Gasteiger partial charge in [-0.1, -0.05) is 18.2 Å². The first-order chi connectivity index (χ1) is 13.0. The van der Waals surface area contributed by atoms with E-state index in [0.717, 1.165) is 16.9 Å². The highest BCUT2D eigenvalue weighted by molar-refractivity contribution is 5.98. The summed E-state index contributed by atoms with van der Waals surface area (Å²) in [5.41, 5.74) is 2.48. The molecule has 4 rings (SSSR count). The van der Waals surface area contributed by atoms with Crippen molar-refractivity contribution >= 4 is 11.8 Å². The minimum Gasteiger partial charge on any atom is -0.497 e. The summed E-state index contributed by atoms with van der Waals surface area (Å²) in [7, 11) is 3.41. The monoisotopic (exact) mass is 366 g/mol. The van der Waals surface area contributed by atoms with Crippen LogP contribution in [0.3, 0.4) is 0 Å². The highest BCUT2D eigenvalue weighted by Gasteiger charge is 2.43. The molecular weight excluding hydrogens is 344 g/mol. The van der Waals surface area contributed by atoms with Gasteiger partial charge in [-0.3, -0.25) is 9.59 Å². The summed E-state index contributed by atoms with van der Waals surface area (Å²) in [6, 6.07) is 13.2. The highest BCUT2D eigenvalue weighted by Crippen LogP contribution is 2.34. The van der Waals surface area contributed by atoms with Crippen molar-refractivity contribution in [2.75, 3.05) is 27.2 Å². The van der Waals surface area contributed by atoms with E-state index in [1.165, 1.54) is 0 Å². The zero-order valence-electron chi connectivity index (χ0n) is 15.6. The second-order valence-electron chi connectivity index (χ2n) is 7.01. The standard InChI is InChI=1S/C21H22N2O4/c1-13(24)23-11-18-20(12-23)27-19-10-15(7-8-17(19)21(25)22(18)2)14-5-4-6-16(9-14)26-3/h4-10,18,20H,11-12H2,1-3H3/t18-,20+/m1/s1. The molecule has 2 aromatic carbocycles. The fraction of sp³-hybridized carbons (Fsp3) is 0.333. The normalized spacial score (nSPS) is 21.2. The van der Waals surface area contributed by atoms with Crippen LogP contribution in [0.4, 0.5) is 0 Å². The van der Waals surface area contributed by atoms with Crippen LogP contribution in [0.25, 0.3) is 11.1 Å². The zero-order valence-corrected chi connectivity index (χ0v) is 15.6. The van der Waals surface area contributed by atoms with Gasteiger partial charge in [0.2, 0.25) is 5.91 Å². The van der Waals surface area contributed by atoms with Gasteiger partial charge in [-0.05, 0) is 35.4 Å². The lowest BCUT2D eigenvalue weighted by Crippen LogP contribution is -2.44. The van der Waals surface area contributed by atoms with Crippen LogP contribution in [0.5, 0.6) is 11.5 Å². The van der Waals surface area contributed by atoms with E-state index in [0.29, 0.717) is 24.4 Å². The van der Waals surface area contributed by atoms with Gasteiger partial charge in [0.1, 0.15) is 17.6 Å². The molecule has 140 valence electrons. The molecule has 27 heavy (non-hydrogen) atoms. The number of amides is 2. The van der Waals surface area contributed by atoms with Gasteiger partial charge in [0.05, 0.1) is 25.3 Å². The van der Waals surface area contributed by atoms with Crippen molar-refractivity contribution in [3.8, 4) is 22.6 Å². The van der Waals surface area contributed by atoms with Crippen molar-refractivity contribution in [2.24, 2.45) is 0 Å². The molecule has 1 saturated heterocycles. The number of rotatable bonds is 2. The Kier molecular flexibility index (Phi) is 4.26. The number of nitrogens with zero attached hydrogens (tertiary/aromatic N) is 2. The Morgan fingerprint density at radius 1 is 1.15 bits per heavy atom. The van der Waals surface area contributed by atoms with E-state index in [4.69, 9.17) is 9.47 Å². The number of likely N-dealkylation sites (N-methyl/N-ethyl adjacent to an activating group) is 1. The number of carbonyl (C=O) groups is 2. The number of benzene rings is 2. The number of methoxy groups -OCH3 is 1. The summed E-state index contributed by atoms with van der Waals surface area (Å²) < 4.78 is 11.5. The summed E-state index contributed by atoms with van der Waals surface area (Å²) in [4.78, 5) is 28.1. The van der Waals surface area contributed by atoms with Gasteiger partial charge < -0.3 is 19.3 Å². The maximum Gasteiger partial charge on any atom is 0.257 e. The average molecular weight is 366 g/mol. The number of hydrogen-bond donors (Lipinski definition) is 0. The van der Waals surface area contributed by atoms with Crippen LogP contribution in [0.1, 0.15) is 17.3 Å². The molecule has 0 spiro atoms. The van der Waals surface area contributed by atoms with Gasteiger partial charge in [0, 0.05) is 20.5 Å². The summed E-state index contributed by atoms with van der Waals surface area (Å²) >= 11 is 0. The van der Waals surface area contributed by atoms with Crippen LogP contribution in [0.15, 0.2) is 42.5 Å². The van der Waals surface area contributed by atoms with Gasteiger partial charge >= 0.3 is 0 Å². The fourth-order valence-corrected chi connectivity index (χ4v) is 3.78. The second kappa shape index (κ2) is 6.61. The Labute approximate surface area is 158 Å². The van der Waals surface area contributed by atoms with E-state index in [1.54, 1.807) is 30.9 Å². The minimum absolute atomic E-state index is 0.00197. The molecule has 0 saturated carbocycles. The molecule has 1 fully saturated rings. The Bertz CT molecular complexity index is 911. The Balaban J connectivity index is 1.72. The minimum atomic E-state index is -0.232. The first-order valence-electron chi connectivity index (χ1n) is 8.95. The van der Waals surface area contributed by atoms with Crippen molar-refractivity contribution in [1.82, 2.24) is 9.80 Å². The quantitative estimate of drug-likeness (QED) is 0.819. The number of hydrogen-bond acceptors (Lipinski definition) is 4. The molecule has 6 heteroatoms. The predicted octanol–water partition coefficient (Wildman–Crippen LogP) is 2.43. The van der Waals surface area contributed by atoms with E-state index in [1.807, 2.05) is 42.5 Å². The van der Waals surface area contributed by atoms with Crippen LogP contribution in [0, 0.1) is 0 Å². The van der Waals surface area contributed by atoms with Gasteiger partial charge in [-0.2, -0.15) is 0 Å². The van der Waals surface area contributed by atoms with Crippen LogP contribution >= 0.6 is 0 Å². The van der Waals surface area contributed by atoms with E-state index in [-0.39, 0.29) is 24.0 Å². The molecule has 0 aromatic heterocycles. The van der Waals surface area contributed by atoms with Gasteiger partial charge in [0.25, 0.3) is 5.91 Å². The molecule has 2 heterocycles. The first-order valence-corrected chi connectivity index (χ1v) is 8.95. The van der Waals surface area contributed by atoms with Crippen LogP contribution < -0.4 is 9.47 Å². The third-order valence-corrected chi connectivity index (χ3v) is 5.39. The van der Waals surface area contributed by atoms with Crippen LogP contribution in [-0.4, -0.2) is 61.0 Å². The Hall–Kier alpha value is -3.02. The molecule has 2 atom stereocenters. The summed E-state index contributed by atoms with van der Waals surface area (Å²) in [5, 5.41) is 0. The molecule has 2 aliphatic heterocycles. The molecule has 0 bridgehead atoms. The van der Waals surface area contributed by atoms with Gasteiger partial charge in [-0.25, -0.2) is 0 Å². The summed E-state index contributed by atoms with van der Waals surface area (Å²) in [6.07, 6.45) is -0.232. The van der Waals surface area contributed by atoms with Gasteiger partial charge in [-0.15, -0.1) is 0 Å². The van der Waals surface area contributed by atoms with E-state index in [9.17, 15) is 9.59 Å². The van der Waals surface area contributed by atoms with Crippen molar-refractivity contribution in [3.63, 3.8) is 0 Å². The molecule has 2 aromatic rings. The molecule has 2 amide bonds. The SMILES string of the molecule is COc1cccc(-c2ccc3c(c2)O[C@H]2CN(C(C)=O)C[C@H]2N(C)C3=O)c1. The molecule has 6 nitrogen and oxygen atoms in total. The molecular formula is C21H22N2O4. The third-order valence-electron chi connectivity index (χ3n) is 5.39. The largest absolute Gasteiger partial charge is 0.497 e. The van der Waals surface area contributed by atoms with Crippen LogP contribution in [0.2, 0.25) is 0 Å². The molecule has 0 unspecified atom stereocenters. The molecule has 0 N–H and O–H groups in total. The van der Waals surface area contributed by atoms with Crippen molar-refractivity contribution in [3.05, 3.63) is 48.0 Å². The second-order valence-corrected chi connectivity index (χ2v) is 7.01. The molecule has 0 aliphatic carbocycles. The van der Waals surface area contributed by atoms with Crippen molar-refractivity contribution in [2.45, 2.75) is 19.1 Å². The fourth-order valence-electron chi connectivity index (χ4n) is 3.78. The lowest BCUT2D eigenvalue weighted by atomic mass is 10.0. The zero-order chi connectivity index (χ0) is 19.1. The molecule has 0 radical (unpaired) electrons. The Morgan fingerprint density at radius 3 is 2.67 bits per heavy atom. The third kappa shape index (κ3) is 3.01. The Morgan fingerprint density at radius 2 is 1.93 bits per heavy atom. The number of fused-ring (bicyclic) bond motifs is 2.